The molecule has 0 aliphatic heterocycles. The van der Waals surface area contributed by atoms with Crippen LogP contribution in [0, 0.1) is 5.92 Å². The summed E-state index contributed by atoms with van der Waals surface area (Å²) in [4.78, 5) is 11.3. The average molecular weight is 405 g/mol. The van der Waals surface area contributed by atoms with Crippen molar-refractivity contribution in [2.75, 3.05) is 0 Å². The zero-order chi connectivity index (χ0) is 20.0. The van der Waals surface area contributed by atoms with Gasteiger partial charge in [-0.05, 0) is 18.8 Å². The van der Waals surface area contributed by atoms with E-state index in [2.05, 4.69) is 13.8 Å². The van der Waals surface area contributed by atoms with Crippen molar-refractivity contribution in [2.45, 2.75) is 149 Å². The van der Waals surface area contributed by atoms with Gasteiger partial charge in [0.25, 0.3) is 0 Å². The maximum absolute atomic E-state index is 11.3. The fraction of sp³-hybridized carbons (Fsp3) is 0.960. The molecule has 0 fully saturated rings. The maximum Gasteiger partial charge on any atom is 1.00 e. The van der Waals surface area contributed by atoms with Crippen LogP contribution in [0.4, 0.5) is 0 Å². The van der Waals surface area contributed by atoms with Gasteiger partial charge in [0.1, 0.15) is 0 Å². The Hall–Kier alpha value is 0.470. The summed E-state index contributed by atoms with van der Waals surface area (Å²) in [5.74, 6) is -1.02. The predicted octanol–water partition coefficient (Wildman–Crippen LogP) is 4.59. The summed E-state index contributed by atoms with van der Waals surface area (Å²) in [5.41, 5.74) is 0. The molecule has 0 spiro atoms. The molecular formula is C25H49NaO2. The van der Waals surface area contributed by atoms with Crippen LogP contribution in [0.15, 0.2) is 0 Å². The van der Waals surface area contributed by atoms with E-state index in [0.717, 1.165) is 25.7 Å². The molecule has 1 unspecified atom stereocenters. The molecule has 0 saturated heterocycles. The summed E-state index contributed by atoms with van der Waals surface area (Å²) in [5, 5.41) is 11.3. The number of carboxylic acid groups (broad SMARTS) is 1. The second-order valence-corrected chi connectivity index (χ2v) is 8.60. The minimum Gasteiger partial charge on any atom is -0.550 e. The molecule has 2 nitrogen and oxygen atoms in total. The van der Waals surface area contributed by atoms with Crippen molar-refractivity contribution < 1.29 is 39.5 Å². The van der Waals surface area contributed by atoms with Crippen LogP contribution in [0.25, 0.3) is 0 Å². The Morgan fingerprint density at radius 3 is 1.04 bits per heavy atom. The molecule has 0 rings (SSSR count). The van der Waals surface area contributed by atoms with Crippen molar-refractivity contribution in [3.63, 3.8) is 0 Å². The minimum atomic E-state index is -0.815. The molecule has 0 heterocycles. The summed E-state index contributed by atoms with van der Waals surface area (Å²) in [6.07, 6.45) is 26.3. The normalized spacial score (nSPS) is 11.9. The van der Waals surface area contributed by atoms with E-state index in [1.807, 2.05) is 0 Å². The molecule has 0 N–H and O–H groups in total. The third-order valence-electron chi connectivity index (χ3n) is 5.90. The molecule has 0 amide bonds. The van der Waals surface area contributed by atoms with Gasteiger partial charge in [0, 0.05) is 5.97 Å². The summed E-state index contributed by atoms with van der Waals surface area (Å²) in [7, 11) is 0. The topological polar surface area (TPSA) is 40.1 Å². The van der Waals surface area contributed by atoms with Crippen LogP contribution in [-0.2, 0) is 4.79 Å². The molecule has 0 bridgehead atoms. The van der Waals surface area contributed by atoms with E-state index < -0.39 is 5.97 Å². The molecular weight excluding hydrogens is 355 g/mol. The van der Waals surface area contributed by atoms with Gasteiger partial charge in [0.2, 0.25) is 0 Å². The summed E-state index contributed by atoms with van der Waals surface area (Å²) in [6, 6.07) is 0. The van der Waals surface area contributed by atoms with Gasteiger partial charge in [-0.3, -0.25) is 0 Å². The first-order chi connectivity index (χ1) is 13.2. The third-order valence-corrected chi connectivity index (χ3v) is 5.90. The first-order valence-corrected chi connectivity index (χ1v) is 12.4. The van der Waals surface area contributed by atoms with Crippen LogP contribution in [0.3, 0.4) is 0 Å². The Labute approximate surface area is 199 Å². The van der Waals surface area contributed by atoms with Crippen LogP contribution in [0.2, 0.25) is 0 Å². The Bertz CT molecular complexity index is 307. The van der Waals surface area contributed by atoms with Crippen molar-refractivity contribution >= 4 is 5.97 Å². The molecule has 3 heteroatoms. The fourth-order valence-electron chi connectivity index (χ4n) is 3.96. The molecule has 0 aliphatic carbocycles. The smallest absolute Gasteiger partial charge is 0.550 e. The Kier molecular flexibility index (Phi) is 27.9. The zero-order valence-electron chi connectivity index (χ0n) is 19.7. The average Bonchev–Trinajstić information content (AvgIpc) is 2.66. The van der Waals surface area contributed by atoms with Crippen LogP contribution in [0.1, 0.15) is 149 Å². The van der Waals surface area contributed by atoms with E-state index in [1.165, 1.54) is 109 Å². The number of hydrogen-bond donors (Lipinski definition) is 0. The van der Waals surface area contributed by atoms with Gasteiger partial charge in [0.05, 0.1) is 0 Å². The molecule has 162 valence electrons. The van der Waals surface area contributed by atoms with E-state index in [1.54, 1.807) is 0 Å². The van der Waals surface area contributed by atoms with E-state index >= 15 is 0 Å². The number of aliphatic carboxylic acids is 1. The number of carbonyl (C=O) groups is 1. The summed E-state index contributed by atoms with van der Waals surface area (Å²) < 4.78 is 0. The van der Waals surface area contributed by atoms with E-state index in [4.69, 9.17) is 0 Å². The number of hydrogen-bond acceptors (Lipinski definition) is 2. The summed E-state index contributed by atoms with van der Waals surface area (Å²) >= 11 is 0. The predicted molar refractivity (Wildman–Crippen MR) is 117 cm³/mol. The molecule has 0 saturated carbocycles. The van der Waals surface area contributed by atoms with Gasteiger partial charge in [-0.1, -0.05) is 136 Å². The Balaban J connectivity index is 0. The van der Waals surface area contributed by atoms with Crippen LogP contribution >= 0.6 is 0 Å². The molecule has 1 atom stereocenters. The third kappa shape index (κ3) is 22.8. The SMILES string of the molecule is CCCCCCCCCCCCCC(CCCCCCCCCC)C(=O)[O-].[Na+]. The van der Waals surface area contributed by atoms with Crippen molar-refractivity contribution in [2.24, 2.45) is 5.92 Å². The van der Waals surface area contributed by atoms with Gasteiger partial charge in [-0.25, -0.2) is 0 Å². The van der Waals surface area contributed by atoms with Crippen LogP contribution < -0.4 is 34.7 Å². The van der Waals surface area contributed by atoms with Crippen molar-refractivity contribution in [3.8, 4) is 0 Å². The second-order valence-electron chi connectivity index (χ2n) is 8.60. The van der Waals surface area contributed by atoms with Crippen molar-refractivity contribution in [1.29, 1.82) is 0 Å². The fourth-order valence-corrected chi connectivity index (χ4v) is 3.96. The Morgan fingerprint density at radius 2 is 0.786 bits per heavy atom. The molecule has 0 aromatic rings. The number of carbonyl (C=O) groups excluding carboxylic acids is 1. The van der Waals surface area contributed by atoms with E-state index in [0.29, 0.717) is 0 Å². The number of unbranched alkanes of at least 4 members (excludes halogenated alkanes) is 17. The van der Waals surface area contributed by atoms with Gasteiger partial charge < -0.3 is 9.90 Å². The van der Waals surface area contributed by atoms with Crippen LogP contribution in [-0.4, -0.2) is 5.97 Å². The molecule has 28 heavy (non-hydrogen) atoms. The molecule has 0 aliphatic rings. The first kappa shape index (κ1) is 30.7. The van der Waals surface area contributed by atoms with Crippen molar-refractivity contribution in [1.82, 2.24) is 0 Å². The quantitative estimate of drug-likeness (QED) is 0.196. The van der Waals surface area contributed by atoms with Crippen LogP contribution in [0.5, 0.6) is 0 Å². The monoisotopic (exact) mass is 404 g/mol. The summed E-state index contributed by atoms with van der Waals surface area (Å²) in [6.45, 7) is 4.51. The first-order valence-electron chi connectivity index (χ1n) is 12.4. The maximum atomic E-state index is 11.3. The molecule has 0 aromatic heterocycles. The standard InChI is InChI=1S/C25H50O2.Na/c1-3-5-7-9-11-13-14-15-17-19-21-23-24(25(26)27)22-20-18-16-12-10-8-6-4-2;/h24H,3-23H2,1-2H3,(H,26,27);/q;+1/p-1. The minimum absolute atomic E-state index is 0. The number of carboxylic acids is 1. The number of rotatable bonds is 22. The molecule has 0 aromatic carbocycles. The zero-order valence-corrected chi connectivity index (χ0v) is 21.7. The second kappa shape index (κ2) is 25.5. The largest absolute Gasteiger partial charge is 1.00 e. The van der Waals surface area contributed by atoms with E-state index in [9.17, 15) is 9.90 Å². The van der Waals surface area contributed by atoms with Gasteiger partial charge in [-0.2, -0.15) is 0 Å². The van der Waals surface area contributed by atoms with Gasteiger partial charge in [-0.15, -0.1) is 0 Å². The van der Waals surface area contributed by atoms with Gasteiger partial charge in [0.15, 0.2) is 0 Å². The van der Waals surface area contributed by atoms with Gasteiger partial charge >= 0.3 is 29.6 Å². The molecule has 0 radical (unpaired) electrons. The Morgan fingerprint density at radius 1 is 0.536 bits per heavy atom. The van der Waals surface area contributed by atoms with E-state index in [-0.39, 0.29) is 35.5 Å². The van der Waals surface area contributed by atoms with Crippen molar-refractivity contribution in [3.05, 3.63) is 0 Å².